The van der Waals surface area contributed by atoms with Crippen molar-refractivity contribution in [1.29, 1.82) is 0 Å². The lowest BCUT2D eigenvalue weighted by Crippen LogP contribution is -2.44. The van der Waals surface area contributed by atoms with Gasteiger partial charge in [0.25, 0.3) is 0 Å². The maximum atomic E-state index is 12.2. The van der Waals surface area contributed by atoms with Gasteiger partial charge in [-0.25, -0.2) is 0 Å². The van der Waals surface area contributed by atoms with Crippen molar-refractivity contribution in [2.24, 2.45) is 0 Å². The molecule has 1 saturated heterocycles. The monoisotopic (exact) mass is 333 g/mol. The number of likely N-dealkylation sites (N-methyl/N-ethyl adjacent to an activating group) is 1. The minimum atomic E-state index is -0.512. The standard InChI is InChI=1S/C13H24BrN3O2/c1-13(2,14)12(19)17-7-5-6-16(8-9-17)10-11(18)15(3)4/h5-10H2,1-4H3. The van der Waals surface area contributed by atoms with Crippen molar-refractivity contribution in [3.05, 3.63) is 0 Å². The van der Waals surface area contributed by atoms with Gasteiger partial charge >= 0.3 is 0 Å². The molecule has 0 saturated carbocycles. The Morgan fingerprint density at radius 3 is 2.32 bits per heavy atom. The SMILES string of the molecule is CN(C)C(=O)CN1CCCN(C(=O)C(C)(C)Br)CC1. The minimum Gasteiger partial charge on any atom is -0.348 e. The summed E-state index contributed by atoms with van der Waals surface area (Å²) < 4.78 is -0.512. The number of rotatable bonds is 3. The molecule has 0 aromatic carbocycles. The minimum absolute atomic E-state index is 0.112. The average molecular weight is 334 g/mol. The normalized spacial score (nSPS) is 18.1. The Kier molecular flexibility index (Phi) is 5.80. The molecule has 0 spiro atoms. The van der Waals surface area contributed by atoms with Gasteiger partial charge in [-0.2, -0.15) is 0 Å². The van der Waals surface area contributed by atoms with Crippen LogP contribution in [0.3, 0.4) is 0 Å². The van der Waals surface area contributed by atoms with Gasteiger partial charge in [0.05, 0.1) is 10.9 Å². The van der Waals surface area contributed by atoms with Crippen LogP contribution in [0.25, 0.3) is 0 Å². The number of amides is 2. The van der Waals surface area contributed by atoms with Crippen LogP contribution < -0.4 is 0 Å². The number of halogens is 1. The third-order valence-electron chi connectivity index (χ3n) is 3.24. The van der Waals surface area contributed by atoms with Crippen LogP contribution in [0, 0.1) is 0 Å². The zero-order valence-electron chi connectivity index (χ0n) is 12.3. The van der Waals surface area contributed by atoms with Crippen molar-refractivity contribution >= 4 is 27.7 Å². The Morgan fingerprint density at radius 2 is 1.79 bits per heavy atom. The summed E-state index contributed by atoms with van der Waals surface area (Å²) in [5.74, 6) is 0.230. The van der Waals surface area contributed by atoms with Crippen molar-refractivity contribution < 1.29 is 9.59 Å². The van der Waals surface area contributed by atoms with Crippen LogP contribution in [0.1, 0.15) is 20.3 Å². The van der Waals surface area contributed by atoms with Crippen LogP contribution >= 0.6 is 15.9 Å². The van der Waals surface area contributed by atoms with Gasteiger partial charge in [0.1, 0.15) is 0 Å². The molecule has 110 valence electrons. The number of carbonyl (C=O) groups excluding carboxylic acids is 2. The average Bonchev–Trinajstić information content (AvgIpc) is 2.52. The molecule has 0 bridgehead atoms. The van der Waals surface area contributed by atoms with Crippen LogP contribution in [-0.4, -0.2) is 77.7 Å². The summed E-state index contributed by atoms with van der Waals surface area (Å²) in [4.78, 5) is 29.5. The van der Waals surface area contributed by atoms with Crippen LogP contribution in [0.4, 0.5) is 0 Å². The van der Waals surface area contributed by atoms with Crippen molar-refractivity contribution in [3.63, 3.8) is 0 Å². The van der Waals surface area contributed by atoms with Gasteiger partial charge in [-0.3, -0.25) is 14.5 Å². The molecule has 19 heavy (non-hydrogen) atoms. The quantitative estimate of drug-likeness (QED) is 0.717. The fourth-order valence-corrected chi connectivity index (χ4v) is 2.29. The molecular weight excluding hydrogens is 310 g/mol. The Hall–Kier alpha value is -0.620. The van der Waals surface area contributed by atoms with E-state index in [1.807, 2.05) is 18.7 Å². The largest absolute Gasteiger partial charge is 0.348 e. The fourth-order valence-electron chi connectivity index (χ4n) is 2.04. The first-order chi connectivity index (χ1) is 8.71. The molecule has 0 unspecified atom stereocenters. The highest BCUT2D eigenvalue weighted by Gasteiger charge is 2.30. The maximum Gasteiger partial charge on any atom is 0.238 e. The second-order valence-electron chi connectivity index (χ2n) is 5.68. The number of alkyl halides is 1. The summed E-state index contributed by atoms with van der Waals surface area (Å²) in [5.41, 5.74) is 0. The zero-order valence-corrected chi connectivity index (χ0v) is 13.9. The van der Waals surface area contributed by atoms with E-state index < -0.39 is 4.32 Å². The van der Waals surface area contributed by atoms with Gasteiger partial charge in [-0.15, -0.1) is 0 Å². The first-order valence-corrected chi connectivity index (χ1v) is 7.42. The molecule has 6 heteroatoms. The van der Waals surface area contributed by atoms with Gasteiger partial charge in [0, 0.05) is 40.3 Å². The van der Waals surface area contributed by atoms with E-state index in [1.54, 1.807) is 19.0 Å². The second-order valence-corrected chi connectivity index (χ2v) is 7.67. The number of hydrogen-bond donors (Lipinski definition) is 0. The van der Waals surface area contributed by atoms with E-state index in [1.165, 1.54) is 0 Å². The van der Waals surface area contributed by atoms with E-state index in [2.05, 4.69) is 20.8 Å². The highest BCUT2D eigenvalue weighted by molar-refractivity contribution is 9.10. The van der Waals surface area contributed by atoms with Crippen molar-refractivity contribution in [2.45, 2.75) is 24.6 Å². The Morgan fingerprint density at radius 1 is 1.16 bits per heavy atom. The van der Waals surface area contributed by atoms with Gasteiger partial charge < -0.3 is 9.80 Å². The number of carbonyl (C=O) groups is 2. The predicted molar refractivity (Wildman–Crippen MR) is 79.3 cm³/mol. The molecule has 1 aliphatic rings. The third-order valence-corrected chi connectivity index (χ3v) is 3.58. The van der Waals surface area contributed by atoms with E-state index in [4.69, 9.17) is 0 Å². The van der Waals surface area contributed by atoms with Crippen molar-refractivity contribution in [2.75, 3.05) is 46.8 Å². The van der Waals surface area contributed by atoms with E-state index >= 15 is 0 Å². The molecule has 1 aliphatic heterocycles. The van der Waals surface area contributed by atoms with Gasteiger partial charge in [-0.1, -0.05) is 15.9 Å². The van der Waals surface area contributed by atoms with Crippen LogP contribution in [0.2, 0.25) is 0 Å². The number of nitrogens with zero attached hydrogens (tertiary/aromatic N) is 3. The summed E-state index contributed by atoms with van der Waals surface area (Å²) in [5, 5.41) is 0. The molecule has 2 amide bonds. The summed E-state index contributed by atoms with van der Waals surface area (Å²) in [6.45, 7) is 7.25. The highest BCUT2D eigenvalue weighted by atomic mass is 79.9. The van der Waals surface area contributed by atoms with E-state index in [0.717, 1.165) is 26.1 Å². The molecule has 0 atom stereocenters. The van der Waals surface area contributed by atoms with Gasteiger partial charge in [0.15, 0.2) is 0 Å². The van der Waals surface area contributed by atoms with Crippen LogP contribution in [0.15, 0.2) is 0 Å². The molecule has 0 aromatic rings. The second kappa shape index (κ2) is 6.70. The highest BCUT2D eigenvalue weighted by Crippen LogP contribution is 2.20. The molecule has 0 N–H and O–H groups in total. The fraction of sp³-hybridized carbons (Fsp3) is 0.846. The Bertz CT molecular complexity index is 339. The molecule has 1 heterocycles. The van der Waals surface area contributed by atoms with E-state index in [9.17, 15) is 9.59 Å². The number of hydrogen-bond acceptors (Lipinski definition) is 3. The van der Waals surface area contributed by atoms with E-state index in [0.29, 0.717) is 13.1 Å². The van der Waals surface area contributed by atoms with E-state index in [-0.39, 0.29) is 11.8 Å². The first-order valence-electron chi connectivity index (χ1n) is 6.62. The zero-order chi connectivity index (χ0) is 14.6. The van der Waals surface area contributed by atoms with Crippen molar-refractivity contribution in [3.8, 4) is 0 Å². The topological polar surface area (TPSA) is 43.9 Å². The first kappa shape index (κ1) is 16.4. The lowest BCUT2D eigenvalue weighted by molar-refractivity contribution is -0.132. The molecule has 0 radical (unpaired) electrons. The molecule has 5 nitrogen and oxygen atoms in total. The summed E-state index contributed by atoms with van der Waals surface area (Å²) >= 11 is 3.41. The summed E-state index contributed by atoms with van der Waals surface area (Å²) in [6.07, 6.45) is 0.912. The smallest absolute Gasteiger partial charge is 0.238 e. The van der Waals surface area contributed by atoms with Crippen molar-refractivity contribution in [1.82, 2.24) is 14.7 Å². The molecule has 0 aliphatic carbocycles. The van der Waals surface area contributed by atoms with Crippen LogP contribution in [-0.2, 0) is 9.59 Å². The molecule has 0 aromatic heterocycles. The predicted octanol–water partition coefficient (Wildman–Crippen LogP) is 0.782. The van der Waals surface area contributed by atoms with Crippen LogP contribution in [0.5, 0.6) is 0 Å². The Labute approximate surface area is 124 Å². The third kappa shape index (κ3) is 5.10. The van der Waals surface area contributed by atoms with Gasteiger partial charge in [0.2, 0.25) is 11.8 Å². The lowest BCUT2D eigenvalue weighted by atomic mass is 10.2. The Balaban J connectivity index is 2.52. The summed E-state index contributed by atoms with van der Waals surface area (Å²) in [6, 6.07) is 0. The summed E-state index contributed by atoms with van der Waals surface area (Å²) in [7, 11) is 3.53. The molecular formula is C13H24BrN3O2. The van der Waals surface area contributed by atoms with Gasteiger partial charge in [-0.05, 0) is 20.3 Å². The molecule has 1 rings (SSSR count). The molecule has 1 fully saturated rings. The lowest BCUT2D eigenvalue weighted by Gasteiger charge is -2.27. The maximum absolute atomic E-state index is 12.2.